The third-order valence-electron chi connectivity index (χ3n) is 5.21. The van der Waals surface area contributed by atoms with Crippen LogP contribution in [0.1, 0.15) is 11.3 Å². The molecular formula is C21H22N6O3S. The van der Waals surface area contributed by atoms with E-state index in [0.29, 0.717) is 23.0 Å². The van der Waals surface area contributed by atoms with Crippen molar-refractivity contribution in [1.29, 1.82) is 0 Å². The predicted molar refractivity (Wildman–Crippen MR) is 120 cm³/mol. The Morgan fingerprint density at radius 2 is 1.87 bits per heavy atom. The zero-order valence-corrected chi connectivity index (χ0v) is 18.3. The van der Waals surface area contributed by atoms with Crippen LogP contribution in [-0.4, -0.2) is 39.8 Å². The smallest absolute Gasteiger partial charge is 0.294 e. The van der Waals surface area contributed by atoms with Gasteiger partial charge in [-0.1, -0.05) is 6.07 Å². The monoisotopic (exact) mass is 438 g/mol. The largest absolute Gasteiger partial charge is 0.329 e. The molecule has 0 aliphatic rings. The third-order valence-corrected chi connectivity index (χ3v) is 6.20. The summed E-state index contributed by atoms with van der Waals surface area (Å²) in [6, 6.07) is 12.5. The maximum Gasteiger partial charge on any atom is 0.294 e. The average molecular weight is 439 g/mol. The number of nitrogens with zero attached hydrogens (tertiary/aromatic N) is 5. The van der Waals surface area contributed by atoms with Crippen LogP contribution in [0, 0.1) is 13.8 Å². The molecule has 0 unspecified atom stereocenters. The van der Waals surface area contributed by atoms with E-state index in [2.05, 4.69) is 20.4 Å². The van der Waals surface area contributed by atoms with Crippen LogP contribution in [0.15, 0.2) is 53.6 Å². The second kappa shape index (κ2) is 7.64. The Labute approximate surface area is 180 Å². The van der Waals surface area contributed by atoms with Gasteiger partial charge in [0, 0.05) is 42.7 Å². The van der Waals surface area contributed by atoms with Gasteiger partial charge in [-0.05, 0) is 55.8 Å². The number of fused-ring (bicyclic) bond motifs is 1. The van der Waals surface area contributed by atoms with Crippen LogP contribution in [-0.2, 0) is 17.2 Å². The molecule has 0 atom stereocenters. The normalized spacial score (nSPS) is 11.6. The molecule has 31 heavy (non-hydrogen) atoms. The Morgan fingerprint density at radius 3 is 2.61 bits per heavy atom. The molecule has 0 bridgehead atoms. The van der Waals surface area contributed by atoms with Crippen LogP contribution < -0.4 is 10.2 Å². The van der Waals surface area contributed by atoms with E-state index < -0.39 is 10.1 Å². The van der Waals surface area contributed by atoms with E-state index in [4.69, 9.17) is 0 Å². The highest BCUT2D eigenvalue weighted by molar-refractivity contribution is 7.85. The number of anilines is 4. The van der Waals surface area contributed by atoms with E-state index in [-0.39, 0.29) is 4.90 Å². The molecule has 2 aromatic heterocycles. The van der Waals surface area contributed by atoms with Crippen molar-refractivity contribution < 1.29 is 13.0 Å². The maximum absolute atomic E-state index is 11.6. The molecule has 0 spiro atoms. The van der Waals surface area contributed by atoms with Crippen LogP contribution in [0.2, 0.25) is 0 Å². The van der Waals surface area contributed by atoms with Crippen molar-refractivity contribution in [2.24, 2.45) is 7.05 Å². The summed E-state index contributed by atoms with van der Waals surface area (Å²) < 4.78 is 34.4. The number of aryl methyl sites for hydroxylation is 3. The van der Waals surface area contributed by atoms with Gasteiger partial charge in [0.15, 0.2) is 0 Å². The van der Waals surface area contributed by atoms with Crippen molar-refractivity contribution in [1.82, 2.24) is 19.7 Å². The van der Waals surface area contributed by atoms with Gasteiger partial charge in [-0.25, -0.2) is 4.98 Å². The zero-order valence-electron chi connectivity index (χ0n) is 17.5. The molecule has 160 valence electrons. The van der Waals surface area contributed by atoms with Gasteiger partial charge >= 0.3 is 0 Å². The van der Waals surface area contributed by atoms with Gasteiger partial charge in [0.05, 0.1) is 10.4 Å². The molecule has 0 amide bonds. The van der Waals surface area contributed by atoms with E-state index >= 15 is 0 Å². The van der Waals surface area contributed by atoms with Gasteiger partial charge in [0.25, 0.3) is 10.1 Å². The third kappa shape index (κ3) is 4.07. The minimum Gasteiger partial charge on any atom is -0.329 e. The fraction of sp³-hybridized carbons (Fsp3) is 0.190. The lowest BCUT2D eigenvalue weighted by Crippen LogP contribution is -2.12. The van der Waals surface area contributed by atoms with Crippen LogP contribution in [0.3, 0.4) is 0 Å². The van der Waals surface area contributed by atoms with Crippen molar-refractivity contribution in [2.45, 2.75) is 18.7 Å². The summed E-state index contributed by atoms with van der Waals surface area (Å²) in [5.74, 6) is 0.941. The molecule has 0 aliphatic heterocycles. The minimum atomic E-state index is -4.32. The molecule has 0 saturated carbocycles. The number of benzene rings is 2. The fourth-order valence-corrected chi connectivity index (χ4v) is 4.09. The first-order chi connectivity index (χ1) is 14.6. The Bertz CT molecular complexity index is 1400. The van der Waals surface area contributed by atoms with Crippen LogP contribution in [0.4, 0.5) is 23.1 Å². The van der Waals surface area contributed by atoms with Gasteiger partial charge in [-0.15, -0.1) is 0 Å². The Hall–Kier alpha value is -3.50. The molecule has 9 nitrogen and oxygen atoms in total. The lowest BCUT2D eigenvalue weighted by atomic mass is 10.2. The molecule has 4 rings (SSSR count). The molecule has 2 aromatic carbocycles. The Kier molecular flexibility index (Phi) is 5.11. The Balaban J connectivity index is 1.63. The standard InChI is InChI=1S/C21H22N6O3S/c1-13-5-6-15(11-19(13)31(28,29)30)23-21-22-10-9-20(24-21)26(3)16-7-8-17-14(2)27(4)25-18(17)12-16/h5-12H,1-4H3,(H,22,23,24)(H,28,29,30). The first-order valence-corrected chi connectivity index (χ1v) is 10.9. The maximum atomic E-state index is 11.6. The van der Waals surface area contributed by atoms with Crippen molar-refractivity contribution in [2.75, 3.05) is 17.3 Å². The van der Waals surface area contributed by atoms with E-state index in [1.54, 1.807) is 31.3 Å². The summed E-state index contributed by atoms with van der Waals surface area (Å²) in [6.07, 6.45) is 1.61. The molecular weight excluding hydrogens is 416 g/mol. The number of aromatic nitrogens is 4. The van der Waals surface area contributed by atoms with Crippen molar-refractivity contribution >= 4 is 44.2 Å². The molecule has 2 heterocycles. The second-order valence-electron chi connectivity index (χ2n) is 7.29. The molecule has 0 saturated heterocycles. The quantitative estimate of drug-likeness (QED) is 0.453. The van der Waals surface area contributed by atoms with Gasteiger partial charge in [0.2, 0.25) is 5.95 Å². The highest BCUT2D eigenvalue weighted by atomic mass is 32.2. The average Bonchev–Trinajstić information content (AvgIpc) is 3.01. The van der Waals surface area contributed by atoms with E-state index in [0.717, 1.165) is 22.3 Å². The summed E-state index contributed by atoms with van der Waals surface area (Å²) in [5, 5.41) is 8.62. The van der Waals surface area contributed by atoms with Crippen LogP contribution >= 0.6 is 0 Å². The van der Waals surface area contributed by atoms with Crippen molar-refractivity contribution in [3.8, 4) is 0 Å². The molecule has 0 fully saturated rings. The number of nitrogens with one attached hydrogen (secondary N) is 1. The van der Waals surface area contributed by atoms with Gasteiger partial charge in [0.1, 0.15) is 5.82 Å². The molecule has 0 radical (unpaired) electrons. The molecule has 2 N–H and O–H groups in total. The van der Waals surface area contributed by atoms with E-state index in [9.17, 15) is 13.0 Å². The van der Waals surface area contributed by atoms with Crippen LogP contribution in [0.25, 0.3) is 10.9 Å². The molecule has 4 aromatic rings. The van der Waals surface area contributed by atoms with Crippen molar-refractivity contribution in [3.63, 3.8) is 0 Å². The SMILES string of the molecule is Cc1ccc(Nc2nccc(N(C)c3ccc4c(C)n(C)nc4c3)n2)cc1S(=O)(=O)O. The van der Waals surface area contributed by atoms with Crippen LogP contribution in [0.5, 0.6) is 0 Å². The Morgan fingerprint density at radius 1 is 1.10 bits per heavy atom. The zero-order chi connectivity index (χ0) is 22.3. The van der Waals surface area contributed by atoms with Gasteiger partial charge in [-0.3, -0.25) is 9.23 Å². The second-order valence-corrected chi connectivity index (χ2v) is 8.68. The highest BCUT2D eigenvalue weighted by Crippen LogP contribution is 2.28. The highest BCUT2D eigenvalue weighted by Gasteiger charge is 2.15. The fourth-order valence-electron chi connectivity index (χ4n) is 3.34. The summed E-state index contributed by atoms with van der Waals surface area (Å²) in [4.78, 5) is 10.5. The van der Waals surface area contributed by atoms with Gasteiger partial charge < -0.3 is 10.2 Å². The first kappa shape index (κ1) is 20.8. The predicted octanol–water partition coefficient (Wildman–Crippen LogP) is 3.74. The van der Waals surface area contributed by atoms with Gasteiger partial charge in [-0.2, -0.15) is 18.5 Å². The molecule has 10 heteroatoms. The minimum absolute atomic E-state index is 0.162. The summed E-state index contributed by atoms with van der Waals surface area (Å²) in [6.45, 7) is 3.64. The molecule has 0 aliphatic carbocycles. The summed E-state index contributed by atoms with van der Waals surface area (Å²) in [5.41, 5.74) is 3.81. The van der Waals surface area contributed by atoms with Crippen molar-refractivity contribution in [3.05, 3.63) is 59.9 Å². The van der Waals surface area contributed by atoms with E-state index in [1.165, 1.54) is 6.07 Å². The lowest BCUT2D eigenvalue weighted by Gasteiger charge is -2.19. The topological polar surface area (TPSA) is 113 Å². The summed E-state index contributed by atoms with van der Waals surface area (Å²) >= 11 is 0. The first-order valence-electron chi connectivity index (χ1n) is 9.49. The number of hydrogen-bond acceptors (Lipinski definition) is 7. The number of hydrogen-bond donors (Lipinski definition) is 2. The van der Waals surface area contributed by atoms with E-state index in [1.807, 2.05) is 48.8 Å². The summed E-state index contributed by atoms with van der Waals surface area (Å²) in [7, 11) is -0.511. The number of rotatable bonds is 5. The lowest BCUT2D eigenvalue weighted by molar-refractivity contribution is 0.482.